The van der Waals surface area contributed by atoms with E-state index in [9.17, 15) is 17.6 Å². The van der Waals surface area contributed by atoms with Gasteiger partial charge in [0.05, 0.1) is 22.3 Å². The molecule has 0 aliphatic carbocycles. The number of nitrogens with one attached hydrogen (secondary N) is 1. The average molecular weight is 433 g/mol. The number of rotatable bonds is 3. The van der Waals surface area contributed by atoms with Gasteiger partial charge < -0.3 is 14.2 Å². The van der Waals surface area contributed by atoms with Gasteiger partial charge in [0.1, 0.15) is 11.6 Å². The number of hydrogen-bond acceptors (Lipinski definition) is 4. The first kappa shape index (κ1) is 20.9. The Kier molecular flexibility index (Phi) is 4.79. The Balaban J connectivity index is 1.79. The highest BCUT2D eigenvalue weighted by atomic mass is 19.4. The second-order valence-electron chi connectivity index (χ2n) is 8.21. The molecule has 31 heavy (non-hydrogen) atoms. The predicted molar refractivity (Wildman–Crippen MR) is 107 cm³/mol. The SMILES string of the molecule is Cc1c(C(C)(C)C)noc1-c1nc2ccc(-c3c(F)cccc3OC(F)(F)F)cc2[nH]1. The van der Waals surface area contributed by atoms with Gasteiger partial charge in [0.15, 0.2) is 5.82 Å². The summed E-state index contributed by atoms with van der Waals surface area (Å²) >= 11 is 0. The molecule has 2 aromatic carbocycles. The molecule has 0 bridgehead atoms. The zero-order chi connectivity index (χ0) is 22.6. The van der Waals surface area contributed by atoms with Crippen molar-refractivity contribution in [2.24, 2.45) is 0 Å². The van der Waals surface area contributed by atoms with Crippen LogP contribution in [0.15, 0.2) is 40.9 Å². The highest BCUT2D eigenvalue weighted by molar-refractivity contribution is 5.85. The van der Waals surface area contributed by atoms with Crippen molar-refractivity contribution in [2.75, 3.05) is 0 Å². The maximum Gasteiger partial charge on any atom is 0.573 e. The molecule has 4 aromatic rings. The van der Waals surface area contributed by atoms with Crippen molar-refractivity contribution >= 4 is 11.0 Å². The molecule has 0 saturated carbocycles. The number of nitrogens with zero attached hydrogens (tertiary/aromatic N) is 2. The van der Waals surface area contributed by atoms with Gasteiger partial charge in [-0.2, -0.15) is 0 Å². The molecule has 0 aliphatic heterocycles. The summed E-state index contributed by atoms with van der Waals surface area (Å²) in [5.41, 5.74) is 2.38. The Morgan fingerprint density at radius 1 is 1.06 bits per heavy atom. The molecule has 0 aliphatic rings. The molecule has 0 atom stereocenters. The lowest BCUT2D eigenvalue weighted by Crippen LogP contribution is -2.17. The molecule has 9 heteroatoms. The standard InChI is InChI=1S/C22H19F4N3O2/c1-11-18(31-29-19(11)21(2,3)4)20-27-14-9-8-12(10-15(14)28-20)17-13(23)6-5-7-16(17)30-22(24,25)26/h5-10H,1-4H3,(H,27,28). The Morgan fingerprint density at radius 2 is 1.81 bits per heavy atom. The van der Waals surface area contributed by atoms with Gasteiger partial charge in [-0.3, -0.25) is 0 Å². The summed E-state index contributed by atoms with van der Waals surface area (Å²) in [5, 5.41) is 4.15. The maximum atomic E-state index is 14.5. The van der Waals surface area contributed by atoms with E-state index in [2.05, 4.69) is 19.9 Å². The summed E-state index contributed by atoms with van der Waals surface area (Å²) in [4.78, 5) is 7.57. The molecule has 2 heterocycles. The summed E-state index contributed by atoms with van der Waals surface area (Å²) in [6, 6.07) is 7.90. The molecule has 0 amide bonds. The fraction of sp³-hybridized carbons (Fsp3) is 0.273. The summed E-state index contributed by atoms with van der Waals surface area (Å²) in [7, 11) is 0. The minimum atomic E-state index is -4.94. The quantitative estimate of drug-likeness (QED) is 0.373. The molecule has 2 aromatic heterocycles. The van der Waals surface area contributed by atoms with Crippen LogP contribution >= 0.6 is 0 Å². The Hall–Kier alpha value is -3.36. The van der Waals surface area contributed by atoms with Crippen LogP contribution in [0, 0.1) is 12.7 Å². The van der Waals surface area contributed by atoms with Crippen molar-refractivity contribution in [1.82, 2.24) is 15.1 Å². The number of halogens is 4. The Labute approximate surface area is 175 Å². The number of ether oxygens (including phenoxy) is 1. The van der Waals surface area contributed by atoms with Crippen LogP contribution < -0.4 is 4.74 Å². The van der Waals surface area contributed by atoms with E-state index in [1.807, 2.05) is 27.7 Å². The van der Waals surface area contributed by atoms with Gasteiger partial charge in [-0.25, -0.2) is 9.37 Å². The second-order valence-corrected chi connectivity index (χ2v) is 8.21. The summed E-state index contributed by atoms with van der Waals surface area (Å²) in [5.74, 6) is -0.558. The molecular formula is C22H19F4N3O2. The van der Waals surface area contributed by atoms with E-state index in [0.29, 0.717) is 22.6 Å². The number of imidazole rings is 1. The van der Waals surface area contributed by atoms with Crippen LogP contribution in [-0.4, -0.2) is 21.5 Å². The number of fused-ring (bicyclic) bond motifs is 1. The van der Waals surface area contributed by atoms with E-state index in [1.165, 1.54) is 12.1 Å². The van der Waals surface area contributed by atoms with Crippen LogP contribution in [0.1, 0.15) is 32.0 Å². The van der Waals surface area contributed by atoms with Crippen LogP contribution in [0.2, 0.25) is 0 Å². The van der Waals surface area contributed by atoms with E-state index in [1.54, 1.807) is 6.07 Å². The third-order valence-electron chi connectivity index (χ3n) is 4.82. The predicted octanol–water partition coefficient (Wildman–Crippen LogP) is 6.53. The van der Waals surface area contributed by atoms with Crippen LogP contribution in [0.5, 0.6) is 5.75 Å². The third-order valence-corrected chi connectivity index (χ3v) is 4.82. The van der Waals surface area contributed by atoms with E-state index in [-0.39, 0.29) is 16.5 Å². The van der Waals surface area contributed by atoms with Crippen molar-refractivity contribution in [3.8, 4) is 28.5 Å². The van der Waals surface area contributed by atoms with Crippen molar-refractivity contribution in [1.29, 1.82) is 0 Å². The molecule has 5 nitrogen and oxygen atoms in total. The van der Waals surface area contributed by atoms with Crippen LogP contribution in [0.3, 0.4) is 0 Å². The van der Waals surface area contributed by atoms with E-state index < -0.39 is 17.9 Å². The molecule has 0 unspecified atom stereocenters. The largest absolute Gasteiger partial charge is 0.573 e. The summed E-state index contributed by atoms with van der Waals surface area (Å²) in [6.45, 7) is 7.93. The number of aromatic amines is 1. The van der Waals surface area contributed by atoms with Gasteiger partial charge in [0, 0.05) is 11.0 Å². The minimum Gasteiger partial charge on any atom is -0.405 e. The lowest BCUT2D eigenvalue weighted by molar-refractivity contribution is -0.274. The monoisotopic (exact) mass is 433 g/mol. The average Bonchev–Trinajstić information content (AvgIpc) is 3.22. The molecule has 1 N–H and O–H groups in total. The fourth-order valence-electron chi connectivity index (χ4n) is 3.52. The van der Waals surface area contributed by atoms with Gasteiger partial charge in [0.25, 0.3) is 0 Å². The van der Waals surface area contributed by atoms with Crippen molar-refractivity contribution in [3.05, 3.63) is 53.5 Å². The molecule has 0 saturated heterocycles. The van der Waals surface area contributed by atoms with Gasteiger partial charge in [0.2, 0.25) is 5.76 Å². The number of alkyl halides is 3. The van der Waals surface area contributed by atoms with E-state index in [0.717, 1.165) is 29.5 Å². The van der Waals surface area contributed by atoms with Crippen molar-refractivity contribution in [3.63, 3.8) is 0 Å². The first-order valence-corrected chi connectivity index (χ1v) is 9.45. The third kappa shape index (κ3) is 3.99. The van der Waals surface area contributed by atoms with Crippen LogP contribution in [0.25, 0.3) is 33.7 Å². The number of hydrogen-bond donors (Lipinski definition) is 1. The van der Waals surface area contributed by atoms with E-state index in [4.69, 9.17) is 4.52 Å². The second kappa shape index (κ2) is 7.11. The lowest BCUT2D eigenvalue weighted by Gasteiger charge is -2.14. The zero-order valence-corrected chi connectivity index (χ0v) is 17.2. The summed E-state index contributed by atoms with van der Waals surface area (Å²) in [6.07, 6.45) is -4.94. The van der Waals surface area contributed by atoms with Crippen LogP contribution in [-0.2, 0) is 5.41 Å². The normalized spacial score (nSPS) is 12.5. The molecular weight excluding hydrogens is 414 g/mol. The van der Waals surface area contributed by atoms with Gasteiger partial charge in [-0.15, -0.1) is 13.2 Å². The molecule has 4 rings (SSSR count). The Morgan fingerprint density at radius 3 is 2.45 bits per heavy atom. The Bertz CT molecular complexity index is 1270. The number of aromatic nitrogens is 3. The van der Waals surface area contributed by atoms with Crippen LogP contribution in [0.4, 0.5) is 17.6 Å². The van der Waals surface area contributed by atoms with Crippen molar-refractivity contribution < 1.29 is 26.8 Å². The van der Waals surface area contributed by atoms with Gasteiger partial charge in [-0.1, -0.05) is 38.1 Å². The first-order chi connectivity index (χ1) is 14.4. The zero-order valence-electron chi connectivity index (χ0n) is 17.2. The molecule has 0 radical (unpaired) electrons. The smallest absolute Gasteiger partial charge is 0.405 e. The topological polar surface area (TPSA) is 63.9 Å². The maximum absolute atomic E-state index is 14.5. The lowest BCUT2D eigenvalue weighted by atomic mass is 9.89. The fourth-order valence-corrected chi connectivity index (χ4v) is 3.52. The highest BCUT2D eigenvalue weighted by Gasteiger charge is 2.33. The van der Waals surface area contributed by atoms with Gasteiger partial charge >= 0.3 is 6.36 Å². The van der Waals surface area contributed by atoms with Crippen molar-refractivity contribution in [2.45, 2.75) is 39.5 Å². The molecule has 0 spiro atoms. The minimum absolute atomic E-state index is 0.213. The summed E-state index contributed by atoms with van der Waals surface area (Å²) < 4.78 is 62.2. The molecule has 162 valence electrons. The highest BCUT2D eigenvalue weighted by Crippen LogP contribution is 2.37. The van der Waals surface area contributed by atoms with Gasteiger partial charge in [-0.05, 0) is 36.8 Å². The first-order valence-electron chi connectivity index (χ1n) is 9.45. The number of H-pyrrole nitrogens is 1. The number of benzene rings is 2. The molecule has 0 fully saturated rings. The van der Waals surface area contributed by atoms with E-state index >= 15 is 0 Å².